The Morgan fingerprint density at radius 3 is 2.95 bits per heavy atom. The third-order valence-electron chi connectivity index (χ3n) is 3.13. The molecule has 2 atom stereocenters. The normalized spacial score (nSPS) is 21.4. The zero-order valence-corrected chi connectivity index (χ0v) is 11.4. The first-order valence-corrected chi connectivity index (χ1v) is 6.45. The van der Waals surface area contributed by atoms with Crippen LogP contribution in [0.1, 0.15) is 16.8 Å². The quantitative estimate of drug-likeness (QED) is 0.830. The van der Waals surface area contributed by atoms with Crippen molar-refractivity contribution in [2.24, 2.45) is 5.92 Å². The Labute approximate surface area is 117 Å². The summed E-state index contributed by atoms with van der Waals surface area (Å²) in [7, 11) is 1.50. The molecule has 1 aliphatic rings. The number of aliphatic hydroxyl groups excluding tert-OH is 1. The molecule has 5 heteroatoms. The molecule has 1 amide bonds. The molecule has 0 bridgehead atoms. The Morgan fingerprint density at radius 2 is 2.32 bits per heavy atom. The number of methoxy groups -OCH3 is 1. The van der Waals surface area contributed by atoms with Crippen LogP contribution < -0.4 is 10.1 Å². The number of amides is 1. The van der Waals surface area contributed by atoms with Gasteiger partial charge >= 0.3 is 0 Å². The highest BCUT2D eigenvalue weighted by atomic mass is 35.5. The molecule has 0 radical (unpaired) electrons. The summed E-state index contributed by atoms with van der Waals surface area (Å²) in [6.07, 6.45) is 4.55. The van der Waals surface area contributed by atoms with E-state index >= 15 is 0 Å². The Morgan fingerprint density at radius 1 is 1.53 bits per heavy atom. The summed E-state index contributed by atoms with van der Waals surface area (Å²) in [4.78, 5) is 12.2. The van der Waals surface area contributed by atoms with Crippen molar-refractivity contribution in [3.63, 3.8) is 0 Å². The smallest absolute Gasteiger partial charge is 0.255 e. The molecule has 0 aromatic heterocycles. The molecule has 0 spiro atoms. The molecule has 0 unspecified atom stereocenters. The second-order valence-electron chi connectivity index (χ2n) is 4.49. The van der Waals surface area contributed by atoms with Gasteiger partial charge in [-0.05, 0) is 24.6 Å². The molecular formula is C14H16ClNO3. The number of carbonyl (C=O) groups excluding carboxylic acids is 1. The SMILES string of the molecule is COc1cc(Cl)ccc1C(=O)N[C@@H]1C=C[C@H](CO)C1. The minimum atomic E-state index is -0.207. The Bertz CT molecular complexity index is 501. The predicted octanol–water partition coefficient (Wildman–Crippen LogP) is 2.02. The largest absolute Gasteiger partial charge is 0.496 e. The number of aliphatic hydroxyl groups is 1. The van der Waals surface area contributed by atoms with E-state index in [2.05, 4.69) is 5.32 Å². The van der Waals surface area contributed by atoms with Crippen molar-refractivity contribution in [2.45, 2.75) is 12.5 Å². The number of benzene rings is 1. The van der Waals surface area contributed by atoms with Gasteiger partial charge in [-0.1, -0.05) is 23.8 Å². The van der Waals surface area contributed by atoms with Crippen molar-refractivity contribution < 1.29 is 14.6 Å². The standard InChI is InChI=1S/C14H16ClNO3/c1-19-13-7-10(15)3-5-12(13)14(18)16-11-4-2-9(6-11)8-17/h2-5,7,9,11,17H,6,8H2,1H3,(H,16,18)/t9-,11+/m0/s1. The van der Waals surface area contributed by atoms with Gasteiger partial charge in [-0.15, -0.1) is 0 Å². The van der Waals surface area contributed by atoms with Gasteiger partial charge in [0.1, 0.15) is 5.75 Å². The molecule has 2 N–H and O–H groups in total. The van der Waals surface area contributed by atoms with Gasteiger partial charge in [-0.2, -0.15) is 0 Å². The molecule has 1 aromatic carbocycles. The highest BCUT2D eigenvalue weighted by Crippen LogP contribution is 2.24. The second-order valence-corrected chi connectivity index (χ2v) is 4.92. The van der Waals surface area contributed by atoms with Crippen molar-refractivity contribution in [3.8, 4) is 5.75 Å². The lowest BCUT2D eigenvalue weighted by Gasteiger charge is -2.14. The van der Waals surface area contributed by atoms with Crippen LogP contribution >= 0.6 is 11.6 Å². The predicted molar refractivity (Wildman–Crippen MR) is 73.6 cm³/mol. The summed E-state index contributed by atoms with van der Waals surface area (Å²) in [5, 5.41) is 12.5. The van der Waals surface area contributed by atoms with E-state index in [0.717, 1.165) is 6.42 Å². The molecule has 1 aromatic rings. The summed E-state index contributed by atoms with van der Waals surface area (Å²) in [5.41, 5.74) is 0.452. The first-order chi connectivity index (χ1) is 9.13. The van der Waals surface area contributed by atoms with Crippen LogP contribution in [0, 0.1) is 5.92 Å². The summed E-state index contributed by atoms with van der Waals surface area (Å²) in [6.45, 7) is 0.104. The minimum Gasteiger partial charge on any atom is -0.496 e. The van der Waals surface area contributed by atoms with Crippen molar-refractivity contribution in [2.75, 3.05) is 13.7 Å². The van der Waals surface area contributed by atoms with Gasteiger partial charge in [0, 0.05) is 23.6 Å². The summed E-state index contributed by atoms with van der Waals surface area (Å²) >= 11 is 5.86. The average Bonchev–Trinajstić information content (AvgIpc) is 2.86. The maximum absolute atomic E-state index is 12.2. The fourth-order valence-electron chi connectivity index (χ4n) is 2.12. The maximum atomic E-state index is 12.2. The monoisotopic (exact) mass is 281 g/mol. The lowest BCUT2D eigenvalue weighted by Crippen LogP contribution is -2.33. The van der Waals surface area contributed by atoms with E-state index < -0.39 is 0 Å². The molecule has 0 saturated heterocycles. The zero-order chi connectivity index (χ0) is 13.8. The van der Waals surface area contributed by atoms with E-state index in [1.54, 1.807) is 18.2 Å². The lowest BCUT2D eigenvalue weighted by atomic mass is 10.1. The number of ether oxygens (including phenoxy) is 1. The third-order valence-corrected chi connectivity index (χ3v) is 3.37. The van der Waals surface area contributed by atoms with E-state index in [0.29, 0.717) is 16.3 Å². The van der Waals surface area contributed by atoms with Crippen molar-refractivity contribution in [1.82, 2.24) is 5.32 Å². The number of nitrogens with one attached hydrogen (secondary N) is 1. The van der Waals surface area contributed by atoms with E-state index in [-0.39, 0.29) is 24.5 Å². The first-order valence-electron chi connectivity index (χ1n) is 6.07. The molecule has 0 heterocycles. The average molecular weight is 282 g/mol. The molecule has 0 fully saturated rings. The summed E-state index contributed by atoms with van der Waals surface area (Å²) in [6, 6.07) is 4.85. The van der Waals surface area contributed by atoms with Gasteiger partial charge in [0.15, 0.2) is 0 Å². The maximum Gasteiger partial charge on any atom is 0.255 e. The highest BCUT2D eigenvalue weighted by molar-refractivity contribution is 6.30. The minimum absolute atomic E-state index is 0.0509. The molecule has 2 rings (SSSR count). The van der Waals surface area contributed by atoms with Crippen LogP contribution in [0.5, 0.6) is 5.75 Å². The van der Waals surface area contributed by atoms with E-state index in [1.165, 1.54) is 7.11 Å². The fraction of sp³-hybridized carbons (Fsp3) is 0.357. The molecule has 102 valence electrons. The van der Waals surface area contributed by atoms with Gasteiger partial charge in [-0.25, -0.2) is 0 Å². The lowest BCUT2D eigenvalue weighted by molar-refractivity contribution is 0.0938. The van der Waals surface area contributed by atoms with Gasteiger partial charge in [0.25, 0.3) is 5.91 Å². The van der Waals surface area contributed by atoms with Gasteiger partial charge in [0.05, 0.1) is 12.7 Å². The van der Waals surface area contributed by atoms with E-state index in [9.17, 15) is 4.79 Å². The number of carbonyl (C=O) groups is 1. The van der Waals surface area contributed by atoms with Crippen molar-refractivity contribution >= 4 is 17.5 Å². The first kappa shape index (κ1) is 13.9. The Hall–Kier alpha value is -1.52. The van der Waals surface area contributed by atoms with Crippen molar-refractivity contribution in [3.05, 3.63) is 40.9 Å². The van der Waals surface area contributed by atoms with Gasteiger partial charge < -0.3 is 15.2 Å². The topological polar surface area (TPSA) is 58.6 Å². The molecule has 0 saturated carbocycles. The summed E-state index contributed by atoms with van der Waals surface area (Å²) < 4.78 is 5.15. The van der Waals surface area contributed by atoms with Crippen LogP contribution in [-0.2, 0) is 0 Å². The third kappa shape index (κ3) is 3.28. The van der Waals surface area contributed by atoms with Crippen LogP contribution in [0.3, 0.4) is 0 Å². The van der Waals surface area contributed by atoms with E-state index in [1.807, 2.05) is 12.2 Å². The van der Waals surface area contributed by atoms with Crippen LogP contribution in [-0.4, -0.2) is 30.8 Å². The number of rotatable bonds is 4. The van der Waals surface area contributed by atoms with Gasteiger partial charge in [-0.3, -0.25) is 4.79 Å². The summed E-state index contributed by atoms with van der Waals surface area (Å²) in [5.74, 6) is 0.366. The van der Waals surface area contributed by atoms with Crippen LogP contribution in [0.4, 0.5) is 0 Å². The van der Waals surface area contributed by atoms with E-state index in [4.69, 9.17) is 21.4 Å². The van der Waals surface area contributed by atoms with Crippen LogP contribution in [0.2, 0.25) is 5.02 Å². The Kier molecular flexibility index (Phi) is 4.45. The zero-order valence-electron chi connectivity index (χ0n) is 10.6. The number of halogens is 1. The molecule has 1 aliphatic carbocycles. The second kappa shape index (κ2) is 6.08. The number of hydrogen-bond donors (Lipinski definition) is 2. The van der Waals surface area contributed by atoms with Crippen LogP contribution in [0.15, 0.2) is 30.4 Å². The molecule has 4 nitrogen and oxygen atoms in total. The van der Waals surface area contributed by atoms with Crippen molar-refractivity contribution in [1.29, 1.82) is 0 Å². The highest BCUT2D eigenvalue weighted by Gasteiger charge is 2.21. The number of hydrogen-bond acceptors (Lipinski definition) is 3. The fourth-order valence-corrected chi connectivity index (χ4v) is 2.28. The molecular weight excluding hydrogens is 266 g/mol. The van der Waals surface area contributed by atoms with Gasteiger partial charge in [0.2, 0.25) is 0 Å². The molecule has 0 aliphatic heterocycles. The molecule has 19 heavy (non-hydrogen) atoms. The Balaban J connectivity index is 2.06. The van der Waals surface area contributed by atoms with Crippen LogP contribution in [0.25, 0.3) is 0 Å².